The molecule has 7 rings (SSSR count). The average Bonchev–Trinajstić information content (AvgIpc) is 3.29. The van der Waals surface area contributed by atoms with E-state index in [0.717, 1.165) is 0 Å². The van der Waals surface area contributed by atoms with E-state index < -0.39 is 0 Å². The van der Waals surface area contributed by atoms with Crippen molar-refractivity contribution in [3.8, 4) is 0 Å². The molecule has 10 heteroatoms. The van der Waals surface area contributed by atoms with Crippen LogP contribution in [0, 0.1) is 0 Å². The minimum atomic E-state index is -0.371. The van der Waals surface area contributed by atoms with Gasteiger partial charge in [0.15, 0.2) is 11.1 Å². The number of isothiocyanates is 2. The summed E-state index contributed by atoms with van der Waals surface area (Å²) in [6.45, 7) is 5.14. The molecule has 6 aromatic carbocycles. The molecular weight excluding hydrogens is 761 g/mol. The van der Waals surface area contributed by atoms with Gasteiger partial charge in [0, 0.05) is 33.4 Å². The second-order valence-electron chi connectivity index (χ2n) is 12.6. The maximum absolute atomic E-state index is 7.13. The van der Waals surface area contributed by atoms with Crippen LogP contribution in [0.25, 0.3) is 10.8 Å². The van der Waals surface area contributed by atoms with Crippen molar-refractivity contribution in [1.29, 1.82) is 0 Å². The maximum atomic E-state index is 7.13. The zero-order chi connectivity index (χ0) is 41.6. The minimum Gasteiger partial charge on any atom is -0.753 e. The van der Waals surface area contributed by atoms with Gasteiger partial charge in [-0.15, -0.1) is 0 Å². The second-order valence-corrected chi connectivity index (χ2v) is 13.0. The first kappa shape index (κ1) is 47.1. The summed E-state index contributed by atoms with van der Waals surface area (Å²) >= 11 is 7.40. The van der Waals surface area contributed by atoms with E-state index in [9.17, 15) is 0 Å². The molecule has 1 fully saturated rings. The van der Waals surface area contributed by atoms with Gasteiger partial charge in [0.05, 0.1) is 52.9 Å². The highest BCUT2D eigenvalue weighted by atomic mass is 32.1. The van der Waals surface area contributed by atoms with E-state index in [1.807, 2.05) is 36.4 Å². The zero-order valence-electron chi connectivity index (χ0n) is 32.7. The Morgan fingerprint density at radius 1 is 0.328 bits per heavy atom. The van der Waals surface area contributed by atoms with Gasteiger partial charge in [-0.05, 0) is 0 Å². The first-order valence-electron chi connectivity index (χ1n) is 18.8. The second kappa shape index (κ2) is 28.1. The van der Waals surface area contributed by atoms with Crippen molar-refractivity contribution < 1.29 is 30.4 Å². The Hall–Kier alpha value is -5.32. The lowest BCUT2D eigenvalue weighted by molar-refractivity contribution is -0.455. The van der Waals surface area contributed by atoms with Crippen molar-refractivity contribution in [2.24, 2.45) is 0 Å². The molecule has 6 N–H and O–H groups in total. The summed E-state index contributed by atoms with van der Waals surface area (Å²) in [6.07, 6.45) is 0. The molecule has 0 atom stereocenters. The molecular formula is C48H52N4O4S2. The van der Waals surface area contributed by atoms with E-state index in [4.69, 9.17) is 29.8 Å². The molecule has 0 spiro atoms. The first-order chi connectivity index (χ1) is 28.5. The summed E-state index contributed by atoms with van der Waals surface area (Å²) < 4.78 is 20.9. The summed E-state index contributed by atoms with van der Waals surface area (Å²) in [5.74, 6) is 0. The van der Waals surface area contributed by atoms with Crippen molar-refractivity contribution >= 4 is 34.8 Å². The Morgan fingerprint density at radius 3 is 0.569 bits per heavy atom. The predicted octanol–water partition coefficient (Wildman–Crippen LogP) is 7.82. The van der Waals surface area contributed by atoms with E-state index >= 15 is 0 Å². The van der Waals surface area contributed by atoms with Crippen LogP contribution in [0.15, 0.2) is 182 Å². The molecule has 1 aliphatic heterocycles. The molecule has 1 heterocycles. The third-order valence-electron chi connectivity index (χ3n) is 9.09. The Bertz CT molecular complexity index is 1630. The molecule has 0 aromatic heterocycles. The molecule has 0 radical (unpaired) electrons. The van der Waals surface area contributed by atoms with Gasteiger partial charge in [0.2, 0.25) is 0 Å². The van der Waals surface area contributed by atoms with Crippen molar-refractivity contribution in [2.75, 3.05) is 52.9 Å². The Labute approximate surface area is 353 Å². The third kappa shape index (κ3) is 15.2. The number of hydrogen-bond acceptors (Lipinski definition) is 6. The molecule has 0 amide bonds. The Morgan fingerprint density at radius 2 is 0.448 bits per heavy atom. The van der Waals surface area contributed by atoms with Crippen LogP contribution in [-0.2, 0) is 30.0 Å². The van der Waals surface area contributed by atoms with Crippen LogP contribution in [0.3, 0.4) is 0 Å². The highest BCUT2D eigenvalue weighted by Crippen LogP contribution is 2.33. The molecule has 58 heavy (non-hydrogen) atoms. The van der Waals surface area contributed by atoms with E-state index in [1.165, 1.54) is 43.7 Å². The molecule has 0 aliphatic carbocycles. The Kier molecular flexibility index (Phi) is 22.8. The topological polar surface area (TPSA) is 137 Å². The van der Waals surface area contributed by atoms with Crippen LogP contribution in [0.2, 0.25) is 0 Å². The lowest BCUT2D eigenvalue weighted by Gasteiger charge is -2.27. The number of ether oxygens (including phenoxy) is 4. The number of rotatable bonds is 6. The van der Waals surface area contributed by atoms with Gasteiger partial charge in [-0.25, -0.2) is 0 Å². The fourth-order valence-corrected chi connectivity index (χ4v) is 6.22. The Balaban J connectivity index is 0.000000224. The normalized spacial score (nSPS) is 13.0. The van der Waals surface area contributed by atoms with Gasteiger partial charge >= 0.3 is 0 Å². The quantitative estimate of drug-likeness (QED) is 0.100. The fourth-order valence-electron chi connectivity index (χ4n) is 6.22. The van der Waals surface area contributed by atoms with Crippen molar-refractivity contribution in [2.45, 2.75) is 11.1 Å². The number of hydrogen-bond donors (Lipinski definition) is 2. The van der Waals surface area contributed by atoms with E-state index in [2.05, 4.69) is 181 Å². The zero-order valence-corrected chi connectivity index (χ0v) is 34.4. The first-order valence-corrected chi connectivity index (χ1v) is 19.7. The van der Waals surface area contributed by atoms with E-state index in [-0.39, 0.29) is 11.1 Å². The van der Waals surface area contributed by atoms with Gasteiger partial charge in [0.1, 0.15) is 0 Å². The molecule has 6 aromatic rings. The fraction of sp³-hybridized carbons (Fsp3) is 0.208. The molecule has 8 nitrogen and oxygen atoms in total. The van der Waals surface area contributed by atoms with Crippen LogP contribution in [0.1, 0.15) is 33.4 Å². The van der Waals surface area contributed by atoms with Crippen LogP contribution >= 0.6 is 24.4 Å². The number of thiocarbonyl (C=S) groups is 2. The lowest BCUT2D eigenvalue weighted by atomic mass is 9.78. The van der Waals surface area contributed by atoms with Gasteiger partial charge in [-0.1, -0.05) is 206 Å². The van der Waals surface area contributed by atoms with Gasteiger partial charge in [-0.2, -0.15) is 10.3 Å². The van der Waals surface area contributed by atoms with Crippen LogP contribution < -0.4 is 11.5 Å². The number of quaternary nitrogens is 2. The number of benzene rings is 6. The third-order valence-corrected chi connectivity index (χ3v) is 9.09. The maximum Gasteiger partial charge on any atom is 0.172 e. The SMILES string of the molecule is C1COCCOCCOCCO1.[N-]=C=S.[N-]=C=S.[NH3+]C(c1ccccc1)(c1ccccc1)c1ccccc1.[NH3+]C(c1ccccc1)(c1ccccc1)c1ccccc1. The van der Waals surface area contributed by atoms with Crippen molar-refractivity contribution in [1.82, 2.24) is 0 Å². The summed E-state index contributed by atoms with van der Waals surface area (Å²) in [6, 6.07) is 62.8. The van der Waals surface area contributed by atoms with Crippen molar-refractivity contribution in [3.05, 3.63) is 226 Å². The van der Waals surface area contributed by atoms with Crippen LogP contribution in [0.5, 0.6) is 0 Å². The summed E-state index contributed by atoms with van der Waals surface area (Å²) in [4.78, 5) is 0. The highest BCUT2D eigenvalue weighted by molar-refractivity contribution is 7.78. The van der Waals surface area contributed by atoms with Crippen LogP contribution in [0.4, 0.5) is 0 Å². The summed E-state index contributed by atoms with van der Waals surface area (Å²) in [5.41, 5.74) is 15.7. The van der Waals surface area contributed by atoms with E-state index in [0.29, 0.717) is 52.9 Å². The average molecular weight is 813 g/mol. The molecule has 300 valence electrons. The van der Waals surface area contributed by atoms with Gasteiger partial charge < -0.3 is 41.2 Å². The van der Waals surface area contributed by atoms with Gasteiger partial charge in [0.25, 0.3) is 0 Å². The van der Waals surface area contributed by atoms with Crippen molar-refractivity contribution in [3.63, 3.8) is 0 Å². The highest BCUT2D eigenvalue weighted by Gasteiger charge is 2.36. The summed E-state index contributed by atoms with van der Waals surface area (Å²) in [7, 11) is 0. The van der Waals surface area contributed by atoms with Crippen LogP contribution in [-0.4, -0.2) is 63.2 Å². The molecule has 0 unspecified atom stereocenters. The smallest absolute Gasteiger partial charge is 0.172 e. The molecule has 0 bridgehead atoms. The minimum absolute atomic E-state index is 0.371. The lowest BCUT2D eigenvalue weighted by Crippen LogP contribution is -2.71. The largest absolute Gasteiger partial charge is 0.753 e. The predicted molar refractivity (Wildman–Crippen MR) is 239 cm³/mol. The monoisotopic (exact) mass is 812 g/mol. The number of nitrogens with zero attached hydrogens (tertiary/aromatic N) is 2. The molecule has 0 saturated carbocycles. The van der Waals surface area contributed by atoms with Gasteiger partial charge in [-0.3, -0.25) is 0 Å². The molecule has 1 saturated heterocycles. The molecule has 1 aliphatic rings. The standard InChI is InChI=1S/2C19H17N.C8H16O4.2CNS/c2*20-19(16-10-4-1-5-11-16,17-12-6-2-7-13-17)18-14-8-3-9-15-18;1-2-10-5-6-12-8-7-11-4-3-9-1;2*2-1-3/h2*1-15H,20H2;1-8H2;;/q;;;2*-1/p+2. The van der Waals surface area contributed by atoms with E-state index in [1.54, 1.807) is 0 Å². The summed E-state index contributed by atoms with van der Waals surface area (Å²) in [5, 5.41) is 16.9.